The Morgan fingerprint density at radius 1 is 1.28 bits per heavy atom. The largest absolute Gasteiger partial charge is 0.303 e. The lowest BCUT2D eigenvalue weighted by Gasteiger charge is -2.22. The highest BCUT2D eigenvalue weighted by atomic mass is 79.9. The molecule has 2 unspecified atom stereocenters. The van der Waals surface area contributed by atoms with Gasteiger partial charge in [0, 0.05) is 21.4 Å². The van der Waals surface area contributed by atoms with E-state index >= 15 is 0 Å². The maximum Gasteiger partial charge on any atom is 0.0416 e. The van der Waals surface area contributed by atoms with Crippen LogP contribution in [0.3, 0.4) is 0 Å². The molecule has 0 aliphatic heterocycles. The van der Waals surface area contributed by atoms with Gasteiger partial charge in [-0.1, -0.05) is 41.1 Å². The first kappa shape index (κ1) is 13.8. The highest BCUT2D eigenvalue weighted by Gasteiger charge is 2.14. The van der Waals surface area contributed by atoms with E-state index < -0.39 is 0 Å². The van der Waals surface area contributed by atoms with Crippen molar-refractivity contribution < 1.29 is 0 Å². The standard InChI is InChI=1S/C15H18BrNS/c1-3-14(15-8-5-9-18-15)17-11(2)12-6-4-7-13(16)10-12/h4-11,14,17H,3H2,1-2H3. The van der Waals surface area contributed by atoms with Gasteiger partial charge in [-0.25, -0.2) is 0 Å². The molecule has 18 heavy (non-hydrogen) atoms. The molecule has 2 aromatic rings. The van der Waals surface area contributed by atoms with Gasteiger partial charge in [-0.3, -0.25) is 0 Å². The molecule has 1 aromatic heterocycles. The lowest BCUT2D eigenvalue weighted by atomic mass is 10.1. The molecule has 2 rings (SSSR count). The summed E-state index contributed by atoms with van der Waals surface area (Å²) in [7, 11) is 0. The third-order valence-corrected chi connectivity index (χ3v) is 4.57. The number of halogens is 1. The molecule has 1 aromatic carbocycles. The second-order valence-electron chi connectivity index (χ2n) is 4.42. The van der Waals surface area contributed by atoms with Crippen molar-refractivity contribution in [1.29, 1.82) is 0 Å². The molecule has 2 atom stereocenters. The topological polar surface area (TPSA) is 12.0 Å². The van der Waals surface area contributed by atoms with Crippen LogP contribution in [0.1, 0.15) is 42.8 Å². The van der Waals surface area contributed by atoms with Crippen molar-refractivity contribution in [2.75, 3.05) is 0 Å². The molecular weight excluding hydrogens is 306 g/mol. The van der Waals surface area contributed by atoms with Gasteiger partial charge in [0.15, 0.2) is 0 Å². The van der Waals surface area contributed by atoms with Crippen LogP contribution in [0.15, 0.2) is 46.3 Å². The first-order valence-electron chi connectivity index (χ1n) is 6.25. The molecular formula is C15H18BrNS. The molecule has 1 N–H and O–H groups in total. The molecule has 0 saturated carbocycles. The highest BCUT2D eigenvalue weighted by molar-refractivity contribution is 9.10. The van der Waals surface area contributed by atoms with Gasteiger partial charge in [-0.15, -0.1) is 11.3 Å². The maximum absolute atomic E-state index is 3.70. The Balaban J connectivity index is 2.08. The Morgan fingerprint density at radius 3 is 2.72 bits per heavy atom. The average molecular weight is 324 g/mol. The van der Waals surface area contributed by atoms with E-state index in [1.165, 1.54) is 10.4 Å². The molecule has 0 radical (unpaired) electrons. The minimum Gasteiger partial charge on any atom is -0.303 e. The van der Waals surface area contributed by atoms with Crippen LogP contribution in [0, 0.1) is 0 Å². The van der Waals surface area contributed by atoms with Gasteiger partial charge in [0.1, 0.15) is 0 Å². The summed E-state index contributed by atoms with van der Waals surface area (Å²) in [6, 6.07) is 13.6. The molecule has 0 spiro atoms. The van der Waals surface area contributed by atoms with E-state index in [9.17, 15) is 0 Å². The van der Waals surface area contributed by atoms with Crippen molar-refractivity contribution in [3.05, 3.63) is 56.7 Å². The smallest absolute Gasteiger partial charge is 0.0416 e. The molecule has 0 fully saturated rings. The van der Waals surface area contributed by atoms with E-state index in [4.69, 9.17) is 0 Å². The molecule has 0 saturated heterocycles. The molecule has 3 heteroatoms. The second-order valence-corrected chi connectivity index (χ2v) is 6.31. The fourth-order valence-corrected chi connectivity index (χ4v) is 3.35. The zero-order chi connectivity index (χ0) is 13.0. The Hall–Kier alpha value is -0.640. The van der Waals surface area contributed by atoms with Crippen molar-refractivity contribution in [3.63, 3.8) is 0 Å². The zero-order valence-electron chi connectivity index (χ0n) is 10.7. The Labute approximate surface area is 121 Å². The fraction of sp³-hybridized carbons (Fsp3) is 0.333. The van der Waals surface area contributed by atoms with E-state index in [1.807, 2.05) is 11.3 Å². The van der Waals surface area contributed by atoms with Gasteiger partial charge >= 0.3 is 0 Å². The molecule has 0 aliphatic rings. The minimum absolute atomic E-state index is 0.356. The summed E-state index contributed by atoms with van der Waals surface area (Å²) in [4.78, 5) is 1.42. The van der Waals surface area contributed by atoms with Crippen molar-refractivity contribution in [3.8, 4) is 0 Å². The molecule has 1 nitrogen and oxygen atoms in total. The Bertz CT molecular complexity index is 481. The van der Waals surface area contributed by atoms with Crippen LogP contribution in [-0.4, -0.2) is 0 Å². The number of hydrogen-bond acceptors (Lipinski definition) is 2. The van der Waals surface area contributed by atoms with Gasteiger partial charge < -0.3 is 5.32 Å². The first-order valence-corrected chi connectivity index (χ1v) is 7.93. The van der Waals surface area contributed by atoms with Crippen LogP contribution in [0.25, 0.3) is 0 Å². The second kappa shape index (κ2) is 6.50. The quantitative estimate of drug-likeness (QED) is 0.785. The predicted molar refractivity (Wildman–Crippen MR) is 83.0 cm³/mol. The Kier molecular flexibility index (Phi) is 4.98. The van der Waals surface area contributed by atoms with Crippen LogP contribution in [-0.2, 0) is 0 Å². The Morgan fingerprint density at radius 2 is 2.11 bits per heavy atom. The van der Waals surface area contributed by atoms with Gasteiger partial charge in [-0.05, 0) is 42.5 Å². The summed E-state index contributed by atoms with van der Waals surface area (Å²) in [6.07, 6.45) is 1.11. The lowest BCUT2D eigenvalue weighted by molar-refractivity contribution is 0.462. The molecule has 96 valence electrons. The van der Waals surface area contributed by atoms with Gasteiger partial charge in [-0.2, -0.15) is 0 Å². The number of benzene rings is 1. The third kappa shape index (κ3) is 3.44. The third-order valence-electron chi connectivity index (χ3n) is 3.09. The van der Waals surface area contributed by atoms with E-state index in [1.54, 1.807) is 0 Å². The normalized spacial score (nSPS) is 14.4. The monoisotopic (exact) mass is 323 g/mol. The van der Waals surface area contributed by atoms with E-state index in [0.29, 0.717) is 12.1 Å². The number of rotatable bonds is 5. The van der Waals surface area contributed by atoms with Crippen LogP contribution in [0.5, 0.6) is 0 Å². The molecule has 0 amide bonds. The SMILES string of the molecule is CCC(NC(C)c1cccc(Br)c1)c1cccs1. The van der Waals surface area contributed by atoms with E-state index in [-0.39, 0.29) is 0 Å². The molecule has 0 aliphatic carbocycles. The van der Waals surface area contributed by atoms with E-state index in [2.05, 4.69) is 76.9 Å². The summed E-state index contributed by atoms with van der Waals surface area (Å²) in [5.74, 6) is 0. The number of thiophene rings is 1. The maximum atomic E-state index is 3.70. The van der Waals surface area contributed by atoms with E-state index in [0.717, 1.165) is 10.9 Å². The van der Waals surface area contributed by atoms with Crippen LogP contribution < -0.4 is 5.32 Å². The van der Waals surface area contributed by atoms with Crippen molar-refractivity contribution in [2.45, 2.75) is 32.4 Å². The van der Waals surface area contributed by atoms with Crippen molar-refractivity contribution in [1.82, 2.24) is 5.32 Å². The van der Waals surface area contributed by atoms with Crippen molar-refractivity contribution in [2.24, 2.45) is 0 Å². The number of hydrogen-bond donors (Lipinski definition) is 1. The molecule has 0 bridgehead atoms. The first-order chi connectivity index (χ1) is 8.70. The molecule has 1 heterocycles. The van der Waals surface area contributed by atoms with Crippen LogP contribution >= 0.6 is 27.3 Å². The van der Waals surface area contributed by atoms with Crippen LogP contribution in [0.2, 0.25) is 0 Å². The average Bonchev–Trinajstić information content (AvgIpc) is 2.89. The highest BCUT2D eigenvalue weighted by Crippen LogP contribution is 2.26. The summed E-state index contributed by atoms with van der Waals surface area (Å²) in [5, 5.41) is 5.84. The van der Waals surface area contributed by atoms with Gasteiger partial charge in [0.25, 0.3) is 0 Å². The summed E-state index contributed by atoms with van der Waals surface area (Å²) < 4.78 is 1.14. The van der Waals surface area contributed by atoms with Crippen LogP contribution in [0.4, 0.5) is 0 Å². The lowest BCUT2D eigenvalue weighted by Crippen LogP contribution is -2.23. The fourth-order valence-electron chi connectivity index (χ4n) is 2.06. The predicted octanol–water partition coefficient (Wildman–Crippen LogP) is 5.31. The van der Waals surface area contributed by atoms with Gasteiger partial charge in [0.05, 0.1) is 0 Å². The minimum atomic E-state index is 0.356. The summed E-state index contributed by atoms with van der Waals surface area (Å²) in [6.45, 7) is 4.45. The number of nitrogens with one attached hydrogen (secondary N) is 1. The van der Waals surface area contributed by atoms with Gasteiger partial charge in [0.2, 0.25) is 0 Å². The summed E-state index contributed by atoms with van der Waals surface area (Å²) in [5.41, 5.74) is 1.32. The summed E-state index contributed by atoms with van der Waals surface area (Å²) >= 11 is 5.35. The van der Waals surface area contributed by atoms with Crippen molar-refractivity contribution >= 4 is 27.3 Å². The zero-order valence-corrected chi connectivity index (χ0v) is 13.1.